The number of likely N-dealkylation sites (N-methyl/N-ethyl adjacent to an activating group) is 2. The van der Waals surface area contributed by atoms with Crippen molar-refractivity contribution in [2.75, 3.05) is 18.0 Å². The van der Waals surface area contributed by atoms with Gasteiger partial charge in [0.2, 0.25) is 5.36 Å². The van der Waals surface area contributed by atoms with Gasteiger partial charge in [-0.15, -0.1) is 0 Å². The molecule has 0 aromatic heterocycles. The van der Waals surface area contributed by atoms with Gasteiger partial charge < -0.3 is 9.64 Å². The van der Waals surface area contributed by atoms with Gasteiger partial charge >= 0.3 is 0 Å². The second-order valence-electron chi connectivity index (χ2n) is 12.7. The maximum absolute atomic E-state index is 6.91. The molecule has 0 amide bonds. The Labute approximate surface area is 281 Å². The molecule has 0 N–H and O–H groups in total. The van der Waals surface area contributed by atoms with Gasteiger partial charge in [0.05, 0.1) is 11.6 Å². The zero-order chi connectivity index (χ0) is 34.6. The second kappa shape index (κ2) is 14.9. The minimum Gasteiger partial charge on any atom is -0.456 e. The van der Waals surface area contributed by atoms with E-state index in [2.05, 4.69) is 132 Å². The van der Waals surface area contributed by atoms with Crippen molar-refractivity contribution in [1.82, 2.24) is 4.58 Å². The van der Waals surface area contributed by atoms with Crippen LogP contribution in [0.3, 0.4) is 0 Å². The smallest absolute Gasteiger partial charge is 0.211 e. The van der Waals surface area contributed by atoms with Gasteiger partial charge in [0.15, 0.2) is 5.54 Å². The largest absolute Gasteiger partial charge is 0.456 e. The molecule has 46 heavy (non-hydrogen) atoms. The maximum atomic E-state index is 6.91. The number of aryl methyl sites for hydroxylation is 1. The van der Waals surface area contributed by atoms with Crippen LogP contribution in [-0.2, 0) is 6.42 Å². The molecule has 0 spiro atoms. The van der Waals surface area contributed by atoms with Crippen LogP contribution in [-0.4, -0.2) is 24.2 Å². The number of hydrogen-bond donors (Lipinski definition) is 0. The Kier molecular flexibility index (Phi) is 11.9. The number of hydrogen-bond acceptors (Lipinski definition) is 2. The first-order chi connectivity index (χ1) is 22.0. The SMILES string of the molecule is CC.CC.CC.CCc1ccccc1C1=c2cc3c(cc2Oc2cc4c(cc21)C(C)=CC(C)(C)N4CC)=[N+](CC)C(C)(C)C=C3C. The van der Waals surface area contributed by atoms with Crippen molar-refractivity contribution in [3.05, 3.63) is 99.1 Å². The molecule has 6 rings (SSSR count). The summed E-state index contributed by atoms with van der Waals surface area (Å²) < 4.78 is 9.41. The number of ether oxygens (including phenoxy) is 1. The van der Waals surface area contributed by atoms with Gasteiger partial charge in [0.25, 0.3) is 0 Å². The molecular formula is C43H61N2O+. The molecule has 0 saturated heterocycles. The number of benzene rings is 3. The van der Waals surface area contributed by atoms with Crippen LogP contribution in [0.15, 0.2) is 60.7 Å². The summed E-state index contributed by atoms with van der Waals surface area (Å²) in [7, 11) is 0. The van der Waals surface area contributed by atoms with E-state index in [9.17, 15) is 0 Å². The summed E-state index contributed by atoms with van der Waals surface area (Å²) in [6.45, 7) is 34.3. The molecule has 0 saturated carbocycles. The van der Waals surface area contributed by atoms with Crippen LogP contribution in [0.25, 0.3) is 16.7 Å². The van der Waals surface area contributed by atoms with Crippen LogP contribution in [0.1, 0.15) is 132 Å². The Morgan fingerprint density at radius 2 is 1.33 bits per heavy atom. The molecule has 0 bridgehead atoms. The molecule has 0 unspecified atom stereocenters. The van der Waals surface area contributed by atoms with Crippen molar-refractivity contribution in [2.45, 2.75) is 121 Å². The Morgan fingerprint density at radius 3 is 1.93 bits per heavy atom. The van der Waals surface area contributed by atoms with Crippen LogP contribution in [0.2, 0.25) is 0 Å². The van der Waals surface area contributed by atoms with Crippen molar-refractivity contribution in [3.8, 4) is 11.5 Å². The average molecular weight is 622 g/mol. The first-order valence-electron chi connectivity index (χ1n) is 18.0. The molecular weight excluding hydrogens is 560 g/mol. The van der Waals surface area contributed by atoms with E-state index in [1.165, 1.54) is 60.8 Å². The van der Waals surface area contributed by atoms with Gasteiger partial charge in [-0.25, -0.2) is 4.58 Å². The molecule has 0 aliphatic carbocycles. The van der Waals surface area contributed by atoms with Gasteiger partial charge in [-0.05, 0) is 88.4 Å². The molecule has 3 aliphatic rings. The highest BCUT2D eigenvalue weighted by Crippen LogP contribution is 2.46. The molecule has 248 valence electrons. The second-order valence-corrected chi connectivity index (χ2v) is 12.7. The van der Waals surface area contributed by atoms with E-state index >= 15 is 0 Å². The summed E-state index contributed by atoms with van der Waals surface area (Å²) in [4.78, 5) is 2.50. The van der Waals surface area contributed by atoms with Crippen molar-refractivity contribution < 1.29 is 4.74 Å². The third kappa shape index (κ3) is 6.35. The third-order valence-electron chi connectivity index (χ3n) is 9.22. The highest BCUT2D eigenvalue weighted by atomic mass is 16.5. The molecule has 0 fully saturated rings. The highest BCUT2D eigenvalue weighted by molar-refractivity contribution is 5.92. The summed E-state index contributed by atoms with van der Waals surface area (Å²) in [6.07, 6.45) is 5.80. The standard InChI is InChI=1S/C37H43N2O.3C2H6/c1-10-25-15-13-14-16-26(25)35-29-17-27-23(4)21-36(6,7)38(11-2)31(27)19-33(29)40-34-20-32-28(18-30(34)35)24(5)22-37(8,9)39(32)12-3;3*1-2/h13-22H,10-12H2,1-9H3;3*1-2H3/q+1;;;. The molecule has 3 heteroatoms. The van der Waals surface area contributed by atoms with Crippen LogP contribution in [0, 0.1) is 0 Å². The van der Waals surface area contributed by atoms with E-state index < -0.39 is 0 Å². The van der Waals surface area contributed by atoms with Crippen LogP contribution in [0.4, 0.5) is 5.69 Å². The molecule has 3 nitrogen and oxygen atoms in total. The average Bonchev–Trinajstić information content (AvgIpc) is 3.05. The molecule has 3 aromatic carbocycles. The van der Waals surface area contributed by atoms with Gasteiger partial charge in [0, 0.05) is 59.6 Å². The third-order valence-corrected chi connectivity index (χ3v) is 9.22. The van der Waals surface area contributed by atoms with Crippen molar-refractivity contribution in [2.24, 2.45) is 0 Å². The topological polar surface area (TPSA) is 15.5 Å². The number of rotatable bonds is 4. The van der Waals surface area contributed by atoms with Crippen LogP contribution < -0.4 is 24.8 Å². The Bertz CT molecular complexity index is 1750. The van der Waals surface area contributed by atoms with Crippen molar-refractivity contribution in [3.63, 3.8) is 0 Å². The van der Waals surface area contributed by atoms with E-state index in [-0.39, 0.29) is 11.1 Å². The fourth-order valence-electron chi connectivity index (χ4n) is 7.55. The minimum atomic E-state index is -0.0514. The summed E-state index contributed by atoms with van der Waals surface area (Å²) >= 11 is 0. The monoisotopic (exact) mass is 621 g/mol. The van der Waals surface area contributed by atoms with Gasteiger partial charge in [-0.2, -0.15) is 0 Å². The lowest BCUT2D eigenvalue weighted by Gasteiger charge is -2.43. The fraction of sp³-hybridized carbons (Fsp3) is 0.465. The zero-order valence-electron chi connectivity index (χ0n) is 31.7. The summed E-state index contributed by atoms with van der Waals surface area (Å²) in [6, 6.07) is 18.3. The van der Waals surface area contributed by atoms with Crippen molar-refractivity contribution in [1.29, 1.82) is 0 Å². The normalized spacial score (nSPS) is 16.2. The Morgan fingerprint density at radius 1 is 0.696 bits per heavy atom. The first kappa shape index (κ1) is 36.9. The minimum absolute atomic E-state index is 0.0514. The van der Waals surface area contributed by atoms with Gasteiger partial charge in [-0.1, -0.05) is 78.8 Å². The van der Waals surface area contributed by atoms with Crippen LogP contribution >= 0.6 is 0 Å². The Balaban J connectivity index is 0.000000908. The lowest BCUT2D eigenvalue weighted by molar-refractivity contribution is 0.399. The lowest BCUT2D eigenvalue weighted by atomic mass is 9.83. The quantitative estimate of drug-likeness (QED) is 0.211. The summed E-state index contributed by atoms with van der Waals surface area (Å²) in [5.41, 5.74) is 11.5. The van der Waals surface area contributed by atoms with E-state index in [4.69, 9.17) is 4.74 Å². The van der Waals surface area contributed by atoms with Gasteiger partial charge in [0.1, 0.15) is 18.0 Å². The summed E-state index contributed by atoms with van der Waals surface area (Å²) in [5.74, 6) is 1.89. The molecule has 0 radical (unpaired) electrons. The Hall–Kier alpha value is -3.59. The molecule has 0 atom stereocenters. The van der Waals surface area contributed by atoms with Crippen LogP contribution in [0.5, 0.6) is 11.5 Å². The fourth-order valence-corrected chi connectivity index (χ4v) is 7.55. The maximum Gasteiger partial charge on any atom is 0.211 e. The van der Waals surface area contributed by atoms with Crippen molar-refractivity contribution >= 4 is 22.4 Å². The number of anilines is 1. The summed E-state index contributed by atoms with van der Waals surface area (Å²) in [5, 5.41) is 2.44. The molecule has 3 heterocycles. The van der Waals surface area contributed by atoms with E-state index in [1.54, 1.807) is 0 Å². The van der Waals surface area contributed by atoms with Gasteiger partial charge in [-0.3, -0.25) is 0 Å². The number of allylic oxidation sites excluding steroid dienone is 2. The molecule has 3 aliphatic heterocycles. The van der Waals surface area contributed by atoms with E-state index in [1.807, 2.05) is 41.5 Å². The predicted octanol–water partition coefficient (Wildman–Crippen LogP) is 10.4. The number of nitrogens with zero attached hydrogens (tertiary/aromatic N) is 2. The highest BCUT2D eigenvalue weighted by Gasteiger charge is 2.36. The lowest BCUT2D eigenvalue weighted by Crippen LogP contribution is -2.49. The number of fused-ring (bicyclic) bond motifs is 4. The van der Waals surface area contributed by atoms with E-state index in [0.29, 0.717) is 0 Å². The molecule has 3 aromatic rings. The first-order valence-corrected chi connectivity index (χ1v) is 18.0. The van der Waals surface area contributed by atoms with E-state index in [0.717, 1.165) is 31.0 Å². The predicted molar refractivity (Wildman–Crippen MR) is 204 cm³/mol. The zero-order valence-corrected chi connectivity index (χ0v) is 31.7.